The number of nitrogens with one attached hydrogen (secondary N) is 1. The molecule has 0 spiro atoms. The van der Waals surface area contributed by atoms with Crippen molar-refractivity contribution < 1.29 is 9.59 Å². The van der Waals surface area contributed by atoms with E-state index in [1.54, 1.807) is 11.8 Å². The number of rotatable bonds is 3. The topological polar surface area (TPSA) is 75.4 Å². The largest absolute Gasteiger partial charge is 0.348 e. The smallest absolute Gasteiger partial charge is 0.251 e. The lowest BCUT2D eigenvalue weighted by Crippen LogP contribution is -2.52. The van der Waals surface area contributed by atoms with Gasteiger partial charge in [-0.3, -0.25) is 9.59 Å². The van der Waals surface area contributed by atoms with Crippen LogP contribution in [0.1, 0.15) is 30.1 Å². The van der Waals surface area contributed by atoms with Crippen molar-refractivity contribution in [3.8, 4) is 0 Å². The van der Waals surface area contributed by atoms with Gasteiger partial charge in [0, 0.05) is 24.7 Å². The second kappa shape index (κ2) is 7.01. The molecule has 24 heavy (non-hydrogen) atoms. The third-order valence-corrected chi connectivity index (χ3v) is 4.47. The van der Waals surface area contributed by atoms with Crippen molar-refractivity contribution >= 4 is 22.6 Å². The Bertz CT molecular complexity index is 757. The lowest BCUT2D eigenvalue weighted by molar-refractivity contribution is -0.133. The highest BCUT2D eigenvalue weighted by molar-refractivity contribution is 5.98. The third-order valence-electron chi connectivity index (χ3n) is 4.47. The number of hydrogen-bond acceptors (Lipinski definition) is 3. The number of nitrogens with two attached hydrogens (primary N) is 1. The van der Waals surface area contributed by atoms with Crippen LogP contribution in [0.5, 0.6) is 0 Å². The number of amides is 2. The summed E-state index contributed by atoms with van der Waals surface area (Å²) in [4.78, 5) is 26.3. The van der Waals surface area contributed by atoms with Gasteiger partial charge < -0.3 is 16.0 Å². The molecular weight excluding hydrogens is 302 g/mol. The van der Waals surface area contributed by atoms with Gasteiger partial charge in [-0.05, 0) is 42.7 Å². The summed E-state index contributed by atoms with van der Waals surface area (Å²) in [6.45, 7) is 2.93. The number of likely N-dealkylation sites (tertiary alicyclic amines) is 1. The molecule has 2 atom stereocenters. The van der Waals surface area contributed by atoms with Crippen molar-refractivity contribution in [3.63, 3.8) is 0 Å². The molecule has 0 radical (unpaired) electrons. The fourth-order valence-corrected chi connectivity index (χ4v) is 3.18. The van der Waals surface area contributed by atoms with Crippen molar-refractivity contribution in [2.24, 2.45) is 5.73 Å². The molecule has 2 aromatic rings. The van der Waals surface area contributed by atoms with E-state index in [0.29, 0.717) is 18.7 Å². The summed E-state index contributed by atoms with van der Waals surface area (Å²) in [6, 6.07) is 13.1. The molecule has 0 saturated carbocycles. The third kappa shape index (κ3) is 3.57. The summed E-state index contributed by atoms with van der Waals surface area (Å²) < 4.78 is 0. The van der Waals surface area contributed by atoms with Crippen molar-refractivity contribution in [2.45, 2.75) is 31.8 Å². The van der Waals surface area contributed by atoms with E-state index in [9.17, 15) is 9.59 Å². The first-order valence-corrected chi connectivity index (χ1v) is 8.38. The maximum absolute atomic E-state index is 12.5. The number of hydrogen-bond donors (Lipinski definition) is 2. The predicted octanol–water partition coefficient (Wildman–Crippen LogP) is 1.91. The van der Waals surface area contributed by atoms with Crippen molar-refractivity contribution in [1.82, 2.24) is 10.2 Å². The molecule has 2 aromatic carbocycles. The average molecular weight is 325 g/mol. The van der Waals surface area contributed by atoms with Crippen molar-refractivity contribution in [3.05, 3.63) is 48.0 Å². The highest BCUT2D eigenvalue weighted by Crippen LogP contribution is 2.17. The van der Waals surface area contributed by atoms with E-state index in [1.165, 1.54) is 0 Å². The molecule has 1 saturated heterocycles. The van der Waals surface area contributed by atoms with Crippen LogP contribution < -0.4 is 11.1 Å². The second-order valence-electron chi connectivity index (χ2n) is 6.45. The molecule has 3 rings (SSSR count). The molecule has 126 valence electrons. The Balaban J connectivity index is 1.68. The van der Waals surface area contributed by atoms with Crippen LogP contribution in [0.4, 0.5) is 0 Å². The SMILES string of the molecule is C[C@@H](N)C(=O)N1CCCC(NC(=O)c2ccc3ccccc3c2)C1. The molecule has 1 aliphatic rings. The number of carbonyl (C=O) groups excluding carboxylic acids is 2. The Kier molecular flexibility index (Phi) is 4.81. The zero-order valence-corrected chi connectivity index (χ0v) is 13.9. The number of benzene rings is 2. The van der Waals surface area contributed by atoms with Crippen LogP contribution in [0, 0.1) is 0 Å². The average Bonchev–Trinajstić information content (AvgIpc) is 2.60. The van der Waals surface area contributed by atoms with Crippen molar-refractivity contribution in [1.29, 1.82) is 0 Å². The number of piperidine rings is 1. The molecular formula is C19H23N3O2. The normalized spacial score (nSPS) is 19.1. The number of carbonyl (C=O) groups is 2. The fourth-order valence-electron chi connectivity index (χ4n) is 3.18. The highest BCUT2D eigenvalue weighted by Gasteiger charge is 2.26. The molecule has 0 aromatic heterocycles. The monoisotopic (exact) mass is 325 g/mol. The molecule has 1 aliphatic heterocycles. The van der Waals surface area contributed by atoms with Gasteiger partial charge >= 0.3 is 0 Å². The Morgan fingerprint density at radius 1 is 1.21 bits per heavy atom. The molecule has 3 N–H and O–H groups in total. The maximum Gasteiger partial charge on any atom is 0.251 e. The van der Waals surface area contributed by atoms with Crippen molar-refractivity contribution in [2.75, 3.05) is 13.1 Å². The summed E-state index contributed by atoms with van der Waals surface area (Å²) in [5.41, 5.74) is 6.32. The molecule has 5 heteroatoms. The zero-order chi connectivity index (χ0) is 17.1. The van der Waals surface area contributed by atoms with Crippen LogP contribution in [-0.2, 0) is 4.79 Å². The molecule has 1 unspecified atom stereocenters. The molecule has 0 aliphatic carbocycles. The summed E-state index contributed by atoms with van der Waals surface area (Å²) in [7, 11) is 0. The van der Waals surface area contributed by atoms with E-state index in [-0.39, 0.29) is 17.9 Å². The Hall–Kier alpha value is -2.40. The molecule has 5 nitrogen and oxygen atoms in total. The maximum atomic E-state index is 12.5. The van der Waals surface area contributed by atoms with E-state index < -0.39 is 6.04 Å². The fraction of sp³-hybridized carbons (Fsp3) is 0.368. The summed E-state index contributed by atoms with van der Waals surface area (Å²) >= 11 is 0. The molecule has 0 bridgehead atoms. The van der Waals surface area contributed by atoms with E-state index >= 15 is 0 Å². The molecule has 1 heterocycles. The van der Waals surface area contributed by atoms with E-state index in [0.717, 1.165) is 23.6 Å². The van der Waals surface area contributed by atoms with Crippen LogP contribution in [0.15, 0.2) is 42.5 Å². The minimum Gasteiger partial charge on any atom is -0.348 e. The number of nitrogens with zero attached hydrogens (tertiary/aromatic N) is 1. The van der Waals surface area contributed by atoms with Gasteiger partial charge in [0.05, 0.1) is 6.04 Å². The Morgan fingerprint density at radius 2 is 1.96 bits per heavy atom. The van der Waals surface area contributed by atoms with Crippen LogP contribution in [0.2, 0.25) is 0 Å². The van der Waals surface area contributed by atoms with Crippen LogP contribution in [-0.4, -0.2) is 41.9 Å². The highest BCUT2D eigenvalue weighted by atomic mass is 16.2. The van der Waals surface area contributed by atoms with Crippen LogP contribution >= 0.6 is 0 Å². The van der Waals surface area contributed by atoms with Gasteiger partial charge in [-0.25, -0.2) is 0 Å². The van der Waals surface area contributed by atoms with E-state index in [1.807, 2.05) is 42.5 Å². The second-order valence-corrected chi connectivity index (χ2v) is 6.45. The van der Waals surface area contributed by atoms with Gasteiger partial charge in [0.2, 0.25) is 5.91 Å². The Morgan fingerprint density at radius 3 is 2.71 bits per heavy atom. The van der Waals surface area contributed by atoms with E-state index in [2.05, 4.69) is 5.32 Å². The molecule has 2 amide bonds. The van der Waals surface area contributed by atoms with Gasteiger partial charge in [-0.15, -0.1) is 0 Å². The molecule has 1 fully saturated rings. The lowest BCUT2D eigenvalue weighted by Gasteiger charge is -2.34. The summed E-state index contributed by atoms with van der Waals surface area (Å²) in [6.07, 6.45) is 1.75. The quantitative estimate of drug-likeness (QED) is 0.905. The van der Waals surface area contributed by atoms with E-state index in [4.69, 9.17) is 5.73 Å². The first kappa shape index (κ1) is 16.5. The lowest BCUT2D eigenvalue weighted by atomic mass is 10.0. The van der Waals surface area contributed by atoms with Gasteiger partial charge in [0.15, 0.2) is 0 Å². The van der Waals surface area contributed by atoms with Gasteiger partial charge in [-0.2, -0.15) is 0 Å². The van der Waals surface area contributed by atoms with Gasteiger partial charge in [-0.1, -0.05) is 30.3 Å². The predicted molar refractivity (Wildman–Crippen MR) is 94.7 cm³/mol. The van der Waals surface area contributed by atoms with Crippen LogP contribution in [0.25, 0.3) is 10.8 Å². The minimum absolute atomic E-state index is 0.0274. The summed E-state index contributed by atoms with van der Waals surface area (Å²) in [5, 5.41) is 5.21. The first-order chi connectivity index (χ1) is 11.5. The number of fused-ring (bicyclic) bond motifs is 1. The zero-order valence-electron chi connectivity index (χ0n) is 13.9. The first-order valence-electron chi connectivity index (χ1n) is 8.38. The van der Waals surface area contributed by atoms with Gasteiger partial charge in [0.25, 0.3) is 5.91 Å². The summed E-state index contributed by atoms with van der Waals surface area (Å²) in [5.74, 6) is -0.152. The Labute approximate surface area is 141 Å². The van der Waals surface area contributed by atoms with Crippen LogP contribution in [0.3, 0.4) is 0 Å². The standard InChI is InChI=1S/C19H23N3O2/c1-13(20)19(24)22-10-4-7-17(12-22)21-18(23)16-9-8-14-5-2-3-6-15(14)11-16/h2-3,5-6,8-9,11,13,17H,4,7,10,12,20H2,1H3,(H,21,23)/t13-,17?/m1/s1. The minimum atomic E-state index is -0.500. The van der Waals surface area contributed by atoms with Gasteiger partial charge in [0.1, 0.15) is 0 Å².